The Morgan fingerprint density at radius 2 is 2.17 bits per heavy atom. The van der Waals surface area contributed by atoms with E-state index in [4.69, 9.17) is 9.26 Å². The van der Waals surface area contributed by atoms with Crippen molar-refractivity contribution < 1.29 is 14.1 Å². The summed E-state index contributed by atoms with van der Waals surface area (Å²) in [6.07, 6.45) is 1.50. The second-order valence-electron chi connectivity index (χ2n) is 6.73. The smallest absolute Gasteiger partial charge is 0.317 e. The van der Waals surface area contributed by atoms with Gasteiger partial charge in [0.2, 0.25) is 5.89 Å². The van der Waals surface area contributed by atoms with Crippen molar-refractivity contribution in [2.75, 3.05) is 26.3 Å². The van der Waals surface area contributed by atoms with Crippen molar-refractivity contribution in [1.82, 2.24) is 20.4 Å². The molecule has 1 fully saturated rings. The van der Waals surface area contributed by atoms with Gasteiger partial charge in [0, 0.05) is 25.4 Å². The molecule has 1 saturated heterocycles. The molecule has 0 saturated carbocycles. The second-order valence-corrected chi connectivity index (χ2v) is 6.73. The van der Waals surface area contributed by atoms with Crippen molar-refractivity contribution in [2.24, 2.45) is 5.92 Å². The van der Waals surface area contributed by atoms with E-state index in [1.807, 2.05) is 18.7 Å². The van der Waals surface area contributed by atoms with Crippen LogP contribution in [0.15, 0.2) is 4.52 Å². The number of aromatic nitrogens is 2. The SMILES string of the molecule is CC(C)C[C@@H]1COCCN1C(=O)NCCc1nc(C(C)C)no1. The highest BCUT2D eigenvalue weighted by Gasteiger charge is 2.27. The van der Waals surface area contributed by atoms with Crippen molar-refractivity contribution >= 4 is 6.03 Å². The monoisotopic (exact) mass is 324 g/mol. The Balaban J connectivity index is 1.80. The summed E-state index contributed by atoms with van der Waals surface area (Å²) in [5.74, 6) is 2.04. The zero-order valence-corrected chi connectivity index (χ0v) is 14.5. The number of rotatable bonds is 6. The summed E-state index contributed by atoms with van der Waals surface area (Å²) in [6, 6.07) is 0.113. The summed E-state index contributed by atoms with van der Waals surface area (Å²) in [7, 11) is 0. The van der Waals surface area contributed by atoms with Gasteiger partial charge >= 0.3 is 6.03 Å². The van der Waals surface area contributed by atoms with Crippen LogP contribution in [-0.4, -0.2) is 53.4 Å². The Morgan fingerprint density at radius 3 is 2.83 bits per heavy atom. The average Bonchev–Trinajstić information content (AvgIpc) is 2.96. The van der Waals surface area contributed by atoms with Crippen molar-refractivity contribution in [1.29, 1.82) is 0 Å². The number of hydrogen-bond donors (Lipinski definition) is 1. The molecule has 2 amide bonds. The maximum absolute atomic E-state index is 12.4. The summed E-state index contributed by atoms with van der Waals surface area (Å²) in [6.45, 7) is 10.7. The van der Waals surface area contributed by atoms with Crippen LogP contribution in [0.2, 0.25) is 0 Å². The van der Waals surface area contributed by atoms with E-state index in [-0.39, 0.29) is 18.0 Å². The molecular weight excluding hydrogens is 296 g/mol. The minimum atomic E-state index is -0.0393. The summed E-state index contributed by atoms with van der Waals surface area (Å²) in [4.78, 5) is 18.6. The maximum atomic E-state index is 12.4. The molecule has 0 bridgehead atoms. The molecule has 2 heterocycles. The van der Waals surface area contributed by atoms with Crippen LogP contribution in [0, 0.1) is 5.92 Å². The fourth-order valence-electron chi connectivity index (χ4n) is 2.64. The molecule has 7 heteroatoms. The fraction of sp³-hybridized carbons (Fsp3) is 0.812. The molecule has 1 aromatic heterocycles. The van der Waals surface area contributed by atoms with Crippen molar-refractivity contribution in [3.8, 4) is 0 Å². The molecule has 0 unspecified atom stereocenters. The lowest BCUT2D eigenvalue weighted by atomic mass is 10.0. The maximum Gasteiger partial charge on any atom is 0.317 e. The molecule has 23 heavy (non-hydrogen) atoms. The van der Waals surface area contributed by atoms with E-state index in [1.54, 1.807) is 0 Å². The largest absolute Gasteiger partial charge is 0.377 e. The molecule has 1 aliphatic heterocycles. The van der Waals surface area contributed by atoms with Gasteiger partial charge in [0.25, 0.3) is 0 Å². The normalized spacial score (nSPS) is 18.7. The van der Waals surface area contributed by atoms with Gasteiger partial charge in [-0.1, -0.05) is 32.9 Å². The Hall–Kier alpha value is -1.63. The average molecular weight is 324 g/mol. The molecule has 7 nitrogen and oxygen atoms in total. The van der Waals surface area contributed by atoms with Gasteiger partial charge in [-0.3, -0.25) is 0 Å². The number of morpholine rings is 1. The lowest BCUT2D eigenvalue weighted by Crippen LogP contribution is -2.53. The van der Waals surface area contributed by atoms with E-state index in [9.17, 15) is 4.79 Å². The molecule has 0 aliphatic carbocycles. The van der Waals surface area contributed by atoms with Gasteiger partial charge in [0.1, 0.15) is 0 Å². The molecule has 1 N–H and O–H groups in total. The van der Waals surface area contributed by atoms with Crippen LogP contribution in [0.4, 0.5) is 4.79 Å². The number of hydrogen-bond acceptors (Lipinski definition) is 5. The Morgan fingerprint density at radius 1 is 1.39 bits per heavy atom. The van der Waals surface area contributed by atoms with E-state index in [1.165, 1.54) is 0 Å². The third-order valence-electron chi connectivity index (χ3n) is 3.85. The number of amides is 2. The van der Waals surface area contributed by atoms with Crippen molar-refractivity contribution in [2.45, 2.75) is 52.5 Å². The highest BCUT2D eigenvalue weighted by Crippen LogP contribution is 2.15. The number of carbonyl (C=O) groups excluding carboxylic acids is 1. The van der Waals surface area contributed by atoms with Crippen LogP contribution in [0.1, 0.15) is 51.7 Å². The van der Waals surface area contributed by atoms with Crippen LogP contribution in [0.3, 0.4) is 0 Å². The topological polar surface area (TPSA) is 80.5 Å². The first-order valence-electron chi connectivity index (χ1n) is 8.42. The zero-order chi connectivity index (χ0) is 16.8. The minimum absolute atomic E-state index is 0.0393. The third kappa shape index (κ3) is 5.20. The van der Waals surface area contributed by atoms with E-state index in [2.05, 4.69) is 29.3 Å². The molecule has 0 spiro atoms. The summed E-state index contributed by atoms with van der Waals surface area (Å²) in [5.41, 5.74) is 0. The predicted molar refractivity (Wildman–Crippen MR) is 86.3 cm³/mol. The molecule has 130 valence electrons. The zero-order valence-electron chi connectivity index (χ0n) is 14.5. The van der Waals surface area contributed by atoms with Crippen LogP contribution in [0.5, 0.6) is 0 Å². The number of urea groups is 1. The van der Waals surface area contributed by atoms with Gasteiger partial charge in [-0.25, -0.2) is 4.79 Å². The first-order chi connectivity index (χ1) is 11.0. The molecule has 1 aliphatic rings. The van der Waals surface area contributed by atoms with Gasteiger partial charge in [-0.2, -0.15) is 4.98 Å². The number of nitrogens with one attached hydrogen (secondary N) is 1. The summed E-state index contributed by atoms with van der Waals surface area (Å²) in [5, 5.41) is 6.87. The minimum Gasteiger partial charge on any atom is -0.377 e. The lowest BCUT2D eigenvalue weighted by molar-refractivity contribution is 0.00562. The predicted octanol–water partition coefficient (Wildman–Crippen LogP) is 2.19. The van der Waals surface area contributed by atoms with E-state index in [0.717, 1.165) is 6.42 Å². The van der Waals surface area contributed by atoms with Crippen molar-refractivity contribution in [3.63, 3.8) is 0 Å². The number of carbonyl (C=O) groups is 1. The van der Waals surface area contributed by atoms with Crippen LogP contribution < -0.4 is 5.32 Å². The fourth-order valence-corrected chi connectivity index (χ4v) is 2.64. The summed E-state index contributed by atoms with van der Waals surface area (Å²) >= 11 is 0. The molecule has 0 radical (unpaired) electrons. The van der Waals surface area contributed by atoms with Gasteiger partial charge in [-0.05, 0) is 12.3 Å². The van der Waals surface area contributed by atoms with Crippen molar-refractivity contribution in [3.05, 3.63) is 11.7 Å². The Kier molecular flexibility index (Phi) is 6.38. The molecule has 2 rings (SSSR count). The van der Waals surface area contributed by atoms with Crippen LogP contribution in [-0.2, 0) is 11.2 Å². The second kappa shape index (κ2) is 8.29. The lowest BCUT2D eigenvalue weighted by Gasteiger charge is -2.36. The quantitative estimate of drug-likeness (QED) is 0.867. The molecule has 1 atom stereocenters. The third-order valence-corrected chi connectivity index (χ3v) is 3.85. The summed E-state index contributed by atoms with van der Waals surface area (Å²) < 4.78 is 10.7. The Labute approximate surface area is 137 Å². The number of ether oxygens (including phenoxy) is 1. The van der Waals surface area contributed by atoms with Gasteiger partial charge in [-0.15, -0.1) is 0 Å². The first kappa shape index (κ1) is 17.7. The Bertz CT molecular complexity index is 501. The van der Waals surface area contributed by atoms with E-state index >= 15 is 0 Å². The van der Waals surface area contributed by atoms with Gasteiger partial charge < -0.3 is 19.5 Å². The van der Waals surface area contributed by atoms with E-state index < -0.39 is 0 Å². The highest BCUT2D eigenvalue weighted by atomic mass is 16.5. The molecule has 0 aromatic carbocycles. The standard InChI is InChI=1S/C16H28N4O3/c1-11(2)9-13-10-22-8-7-20(13)16(21)17-6-5-14-18-15(12(3)4)19-23-14/h11-13H,5-10H2,1-4H3,(H,17,21)/t13-/m1/s1. The van der Waals surface area contributed by atoms with Crippen LogP contribution >= 0.6 is 0 Å². The number of nitrogens with zero attached hydrogens (tertiary/aromatic N) is 3. The first-order valence-corrected chi connectivity index (χ1v) is 8.42. The molecule has 1 aromatic rings. The molecular formula is C16H28N4O3. The van der Waals surface area contributed by atoms with Crippen LogP contribution in [0.25, 0.3) is 0 Å². The van der Waals surface area contributed by atoms with Gasteiger partial charge in [0.15, 0.2) is 5.82 Å². The van der Waals surface area contributed by atoms with E-state index in [0.29, 0.717) is 50.4 Å². The highest BCUT2D eigenvalue weighted by molar-refractivity contribution is 5.74. The van der Waals surface area contributed by atoms with Gasteiger partial charge in [0.05, 0.1) is 19.3 Å².